The number of amides is 1. The van der Waals surface area contributed by atoms with Gasteiger partial charge >= 0.3 is 0 Å². The second-order valence-electron chi connectivity index (χ2n) is 2.90. The molecule has 0 aromatic carbocycles. The van der Waals surface area contributed by atoms with Gasteiger partial charge in [-0.05, 0) is 12.8 Å². The van der Waals surface area contributed by atoms with Crippen LogP contribution in [0, 0.1) is 0 Å². The predicted molar refractivity (Wildman–Crippen MR) is 49.0 cm³/mol. The maximum atomic E-state index is 10.8. The van der Waals surface area contributed by atoms with Crippen molar-refractivity contribution in [3.05, 3.63) is 0 Å². The van der Waals surface area contributed by atoms with Gasteiger partial charge in [0.15, 0.2) is 0 Å². The lowest BCUT2D eigenvalue weighted by molar-refractivity contribution is -0.120. The van der Waals surface area contributed by atoms with Crippen molar-refractivity contribution < 1.29 is 9.53 Å². The van der Waals surface area contributed by atoms with Gasteiger partial charge in [-0.15, -0.1) is 0 Å². The number of nitrogens with one attached hydrogen (secondary N) is 1. The largest absolute Gasteiger partial charge is 0.379 e. The lowest BCUT2D eigenvalue weighted by atomic mass is 10.1. The zero-order valence-corrected chi connectivity index (χ0v) is 8.39. The molecule has 1 N–H and O–H groups in total. The molecule has 0 bridgehead atoms. The molecule has 1 amide bonds. The van der Waals surface area contributed by atoms with Gasteiger partial charge in [0.1, 0.15) is 0 Å². The number of rotatable bonds is 5. The third-order valence-electron chi connectivity index (χ3n) is 1.98. The minimum absolute atomic E-state index is 0.0114. The summed E-state index contributed by atoms with van der Waals surface area (Å²) in [4.78, 5) is 10.8. The average molecular weight is 173 g/mol. The minimum Gasteiger partial charge on any atom is -0.379 e. The van der Waals surface area contributed by atoms with E-state index in [1.807, 2.05) is 6.92 Å². The lowest BCUT2D eigenvalue weighted by Gasteiger charge is -2.24. The number of hydrogen-bond acceptors (Lipinski definition) is 2. The summed E-state index contributed by atoms with van der Waals surface area (Å²) >= 11 is 0. The van der Waals surface area contributed by atoms with E-state index in [9.17, 15) is 4.79 Å². The Morgan fingerprint density at radius 2 is 2.00 bits per heavy atom. The van der Waals surface area contributed by atoms with Crippen LogP contribution < -0.4 is 5.32 Å². The molecule has 0 unspecified atom stereocenters. The molecule has 12 heavy (non-hydrogen) atoms. The topological polar surface area (TPSA) is 38.3 Å². The molecule has 0 aromatic heterocycles. The van der Waals surface area contributed by atoms with E-state index in [-0.39, 0.29) is 18.1 Å². The van der Waals surface area contributed by atoms with E-state index in [1.54, 1.807) is 7.11 Å². The second kappa shape index (κ2) is 6.00. The molecule has 0 rings (SSSR count). The molecule has 0 aliphatic heterocycles. The van der Waals surface area contributed by atoms with E-state index >= 15 is 0 Å². The van der Waals surface area contributed by atoms with E-state index in [0.717, 1.165) is 12.8 Å². The first-order valence-electron chi connectivity index (χ1n) is 4.45. The maximum absolute atomic E-state index is 10.8. The summed E-state index contributed by atoms with van der Waals surface area (Å²) in [7, 11) is 1.68. The average Bonchev–Trinajstić information content (AvgIpc) is 2.04. The van der Waals surface area contributed by atoms with Gasteiger partial charge in [0.25, 0.3) is 0 Å². The first-order chi connectivity index (χ1) is 5.65. The quantitative estimate of drug-likeness (QED) is 0.681. The summed E-state index contributed by atoms with van der Waals surface area (Å²) < 4.78 is 5.24. The van der Waals surface area contributed by atoms with Gasteiger partial charge in [-0.25, -0.2) is 0 Å². The van der Waals surface area contributed by atoms with E-state index in [4.69, 9.17) is 4.74 Å². The normalized spacial score (nSPS) is 15.3. The fourth-order valence-electron chi connectivity index (χ4n) is 1.33. The van der Waals surface area contributed by atoms with Gasteiger partial charge in [0.05, 0.1) is 12.1 Å². The molecular formula is C9H19NO2. The Morgan fingerprint density at radius 1 is 1.42 bits per heavy atom. The third kappa shape index (κ3) is 3.72. The Kier molecular flexibility index (Phi) is 5.72. The van der Waals surface area contributed by atoms with Gasteiger partial charge in [0, 0.05) is 14.0 Å². The van der Waals surface area contributed by atoms with E-state index in [2.05, 4.69) is 12.2 Å². The Labute approximate surface area is 74.5 Å². The summed E-state index contributed by atoms with van der Waals surface area (Å²) in [6.45, 7) is 5.63. The smallest absolute Gasteiger partial charge is 0.217 e. The van der Waals surface area contributed by atoms with Crippen molar-refractivity contribution in [2.75, 3.05) is 7.11 Å². The third-order valence-corrected chi connectivity index (χ3v) is 1.98. The molecular weight excluding hydrogens is 154 g/mol. The zero-order valence-electron chi connectivity index (χ0n) is 8.39. The summed E-state index contributed by atoms with van der Waals surface area (Å²) in [5.74, 6) is 0.0114. The maximum Gasteiger partial charge on any atom is 0.217 e. The summed E-state index contributed by atoms with van der Waals surface area (Å²) in [6.07, 6.45) is 1.97. The molecule has 72 valence electrons. The van der Waals surface area contributed by atoms with Crippen molar-refractivity contribution in [1.29, 1.82) is 0 Å². The van der Waals surface area contributed by atoms with E-state index < -0.39 is 0 Å². The first-order valence-corrected chi connectivity index (χ1v) is 4.45. The van der Waals surface area contributed by atoms with Gasteiger partial charge < -0.3 is 10.1 Å². The molecule has 0 spiro atoms. The molecule has 0 fully saturated rings. The van der Waals surface area contributed by atoms with Crippen molar-refractivity contribution in [3.8, 4) is 0 Å². The lowest BCUT2D eigenvalue weighted by Crippen LogP contribution is -2.42. The van der Waals surface area contributed by atoms with Crippen molar-refractivity contribution in [1.82, 2.24) is 5.32 Å². The molecule has 0 aromatic rings. The molecule has 0 saturated heterocycles. The standard InChI is InChI=1S/C9H19NO2/c1-5-8(10-7(3)11)9(6-2)12-4/h8-9H,5-6H2,1-4H3,(H,10,11)/t8-,9-/m1/s1. The molecule has 0 aliphatic rings. The van der Waals surface area contributed by atoms with Crippen LogP contribution in [0.5, 0.6) is 0 Å². The molecule has 0 radical (unpaired) electrons. The van der Waals surface area contributed by atoms with E-state index in [1.165, 1.54) is 6.92 Å². The van der Waals surface area contributed by atoms with Crippen LogP contribution in [0.4, 0.5) is 0 Å². The highest BCUT2D eigenvalue weighted by molar-refractivity contribution is 5.73. The summed E-state index contributed by atoms with van der Waals surface area (Å²) in [5, 5.41) is 2.87. The van der Waals surface area contributed by atoms with Crippen molar-refractivity contribution in [3.63, 3.8) is 0 Å². The fraction of sp³-hybridized carbons (Fsp3) is 0.889. The summed E-state index contributed by atoms with van der Waals surface area (Å²) in [6, 6.07) is 0.150. The number of ether oxygens (including phenoxy) is 1. The number of carbonyl (C=O) groups excluding carboxylic acids is 1. The summed E-state index contributed by atoms with van der Waals surface area (Å²) in [5.41, 5.74) is 0. The van der Waals surface area contributed by atoms with Crippen molar-refractivity contribution in [2.24, 2.45) is 0 Å². The van der Waals surface area contributed by atoms with Crippen LogP contribution in [0.25, 0.3) is 0 Å². The highest BCUT2D eigenvalue weighted by atomic mass is 16.5. The molecule has 0 aliphatic carbocycles. The Hall–Kier alpha value is -0.570. The highest BCUT2D eigenvalue weighted by Crippen LogP contribution is 2.06. The van der Waals surface area contributed by atoms with Crippen LogP contribution in [0.3, 0.4) is 0 Å². The van der Waals surface area contributed by atoms with Gasteiger partial charge in [-0.3, -0.25) is 4.79 Å². The molecule has 0 saturated carbocycles. The SMILES string of the molecule is CC[C@@H](NC(C)=O)[C@@H](CC)OC. The van der Waals surface area contributed by atoms with Crippen LogP contribution >= 0.6 is 0 Å². The fourth-order valence-corrected chi connectivity index (χ4v) is 1.33. The van der Waals surface area contributed by atoms with E-state index in [0.29, 0.717) is 0 Å². The Balaban J connectivity index is 4.01. The molecule has 3 heteroatoms. The Morgan fingerprint density at radius 3 is 2.25 bits per heavy atom. The predicted octanol–water partition coefficient (Wildman–Crippen LogP) is 1.33. The van der Waals surface area contributed by atoms with Crippen LogP contribution in [-0.4, -0.2) is 25.2 Å². The molecule has 2 atom stereocenters. The zero-order chi connectivity index (χ0) is 9.56. The monoisotopic (exact) mass is 173 g/mol. The first kappa shape index (κ1) is 11.4. The van der Waals surface area contributed by atoms with Crippen LogP contribution in [0.15, 0.2) is 0 Å². The van der Waals surface area contributed by atoms with Crippen molar-refractivity contribution in [2.45, 2.75) is 45.8 Å². The Bertz CT molecular complexity index is 132. The number of hydrogen-bond donors (Lipinski definition) is 1. The number of carbonyl (C=O) groups is 1. The highest BCUT2D eigenvalue weighted by Gasteiger charge is 2.17. The number of methoxy groups -OCH3 is 1. The second-order valence-corrected chi connectivity index (χ2v) is 2.90. The van der Waals surface area contributed by atoms with Crippen LogP contribution in [0.2, 0.25) is 0 Å². The van der Waals surface area contributed by atoms with Crippen molar-refractivity contribution >= 4 is 5.91 Å². The van der Waals surface area contributed by atoms with Crippen LogP contribution in [-0.2, 0) is 9.53 Å². The van der Waals surface area contributed by atoms with Gasteiger partial charge in [-0.2, -0.15) is 0 Å². The van der Waals surface area contributed by atoms with Gasteiger partial charge in [0.2, 0.25) is 5.91 Å². The van der Waals surface area contributed by atoms with Crippen LogP contribution in [0.1, 0.15) is 33.6 Å². The molecule has 3 nitrogen and oxygen atoms in total. The minimum atomic E-state index is 0.0114. The van der Waals surface area contributed by atoms with Gasteiger partial charge in [-0.1, -0.05) is 13.8 Å². The molecule has 0 heterocycles.